The first kappa shape index (κ1) is 22.7. The second-order valence-corrected chi connectivity index (χ2v) is 7.34. The predicted octanol–water partition coefficient (Wildman–Crippen LogP) is 4.01. The molecule has 144 valence electrons. The fraction of sp³-hybridized carbons (Fsp3) is 0.474. The first-order valence-electron chi connectivity index (χ1n) is 8.64. The molecule has 1 heterocycles. The third-order valence-electron chi connectivity index (χ3n) is 3.55. The Labute approximate surface area is 177 Å². The Morgan fingerprint density at radius 2 is 2.04 bits per heavy atom. The number of nitrogens with zero attached hydrogens (tertiary/aromatic N) is 2. The Morgan fingerprint density at radius 3 is 2.69 bits per heavy atom. The van der Waals surface area contributed by atoms with Crippen LogP contribution in [0.5, 0.6) is 5.75 Å². The summed E-state index contributed by atoms with van der Waals surface area (Å²) in [6.45, 7) is 8.52. The fourth-order valence-corrected chi connectivity index (χ4v) is 2.93. The van der Waals surface area contributed by atoms with E-state index in [0.29, 0.717) is 12.5 Å². The highest BCUT2D eigenvalue weighted by Gasteiger charge is 2.06. The van der Waals surface area contributed by atoms with Crippen LogP contribution < -0.4 is 15.4 Å². The third-order valence-corrected chi connectivity index (χ3v) is 4.38. The number of hydrogen-bond acceptors (Lipinski definition) is 4. The number of aliphatic imine (C=N–C) groups is 1. The molecular formula is C19H29IN4OS. The van der Waals surface area contributed by atoms with Crippen LogP contribution in [-0.4, -0.2) is 31.1 Å². The molecule has 0 amide bonds. The van der Waals surface area contributed by atoms with E-state index in [-0.39, 0.29) is 24.0 Å². The Morgan fingerprint density at radius 1 is 1.27 bits per heavy atom. The molecule has 2 aromatic rings. The number of ether oxygens (including phenoxy) is 1. The van der Waals surface area contributed by atoms with E-state index in [0.717, 1.165) is 47.5 Å². The van der Waals surface area contributed by atoms with Crippen LogP contribution in [0.2, 0.25) is 0 Å². The molecule has 2 rings (SSSR count). The molecule has 1 aromatic carbocycles. The number of aromatic nitrogens is 1. The van der Waals surface area contributed by atoms with Gasteiger partial charge in [-0.3, -0.25) is 4.99 Å². The summed E-state index contributed by atoms with van der Waals surface area (Å²) in [5.41, 5.74) is 2.25. The first-order valence-corrected chi connectivity index (χ1v) is 9.52. The Kier molecular flexibility index (Phi) is 10.6. The minimum atomic E-state index is 0. The van der Waals surface area contributed by atoms with E-state index in [2.05, 4.69) is 45.9 Å². The highest BCUT2D eigenvalue weighted by molar-refractivity contribution is 14.0. The van der Waals surface area contributed by atoms with Gasteiger partial charge in [-0.15, -0.1) is 35.3 Å². The zero-order valence-electron chi connectivity index (χ0n) is 15.9. The lowest BCUT2D eigenvalue weighted by Crippen LogP contribution is -2.38. The van der Waals surface area contributed by atoms with E-state index in [9.17, 15) is 0 Å². The van der Waals surface area contributed by atoms with Crippen molar-refractivity contribution in [3.8, 4) is 5.75 Å². The van der Waals surface area contributed by atoms with Gasteiger partial charge in [-0.05, 0) is 18.9 Å². The van der Waals surface area contributed by atoms with Gasteiger partial charge in [0.15, 0.2) is 5.96 Å². The summed E-state index contributed by atoms with van der Waals surface area (Å²) < 4.78 is 5.90. The van der Waals surface area contributed by atoms with Gasteiger partial charge in [-0.1, -0.05) is 32.0 Å². The van der Waals surface area contributed by atoms with Gasteiger partial charge in [0.25, 0.3) is 0 Å². The fourth-order valence-electron chi connectivity index (χ4n) is 2.28. The number of aryl methyl sites for hydroxylation is 1. The maximum Gasteiger partial charge on any atom is 0.191 e. The van der Waals surface area contributed by atoms with Gasteiger partial charge in [0.2, 0.25) is 0 Å². The number of rotatable bonds is 8. The van der Waals surface area contributed by atoms with Crippen LogP contribution in [0.1, 0.15) is 30.1 Å². The van der Waals surface area contributed by atoms with Gasteiger partial charge in [0, 0.05) is 37.5 Å². The van der Waals surface area contributed by atoms with Gasteiger partial charge in [-0.25, -0.2) is 4.98 Å². The standard InChI is InChI=1S/C19H28N4OS.HI/c1-14(2)12-24-18-8-6-5-7-16(18)11-22-19(20-4)21-10-9-17-13-25-15(3)23-17;/h5-8,13-14H,9-12H2,1-4H3,(H2,20,21,22);1H. The van der Waals surface area contributed by atoms with E-state index >= 15 is 0 Å². The Bertz CT molecular complexity index is 688. The molecule has 0 atom stereocenters. The number of para-hydroxylation sites is 1. The van der Waals surface area contributed by atoms with Crippen molar-refractivity contribution < 1.29 is 4.74 Å². The SMILES string of the molecule is CN=C(NCCc1csc(C)n1)NCc1ccccc1OCC(C)C.I. The Balaban J connectivity index is 0.00000338. The molecule has 0 radical (unpaired) electrons. The van der Waals surface area contributed by atoms with E-state index in [1.807, 2.05) is 25.1 Å². The van der Waals surface area contributed by atoms with Crippen LogP contribution in [-0.2, 0) is 13.0 Å². The zero-order chi connectivity index (χ0) is 18.1. The maximum atomic E-state index is 5.90. The molecule has 0 saturated carbocycles. The summed E-state index contributed by atoms with van der Waals surface area (Å²) in [7, 11) is 1.78. The topological polar surface area (TPSA) is 58.5 Å². The molecule has 0 aliphatic heterocycles. The van der Waals surface area contributed by atoms with Crippen LogP contribution in [0.15, 0.2) is 34.6 Å². The van der Waals surface area contributed by atoms with Crippen LogP contribution in [0, 0.1) is 12.8 Å². The molecule has 0 spiro atoms. The highest BCUT2D eigenvalue weighted by atomic mass is 127. The van der Waals surface area contributed by atoms with E-state index < -0.39 is 0 Å². The Hall–Kier alpha value is -1.35. The second-order valence-electron chi connectivity index (χ2n) is 6.27. The van der Waals surface area contributed by atoms with Gasteiger partial charge in [0.1, 0.15) is 5.75 Å². The molecule has 1 aromatic heterocycles. The molecule has 0 bridgehead atoms. The van der Waals surface area contributed by atoms with Crippen molar-refractivity contribution in [1.29, 1.82) is 0 Å². The summed E-state index contributed by atoms with van der Waals surface area (Å²) in [5, 5.41) is 9.89. The molecule has 26 heavy (non-hydrogen) atoms. The number of guanidine groups is 1. The number of halogens is 1. The minimum Gasteiger partial charge on any atom is -0.493 e. The quantitative estimate of drug-likeness (QED) is 0.335. The molecule has 0 aliphatic rings. The molecule has 5 nitrogen and oxygen atoms in total. The van der Waals surface area contributed by atoms with Crippen molar-refractivity contribution >= 4 is 41.3 Å². The summed E-state index contributed by atoms with van der Waals surface area (Å²) in [6.07, 6.45) is 0.888. The molecule has 0 fully saturated rings. The lowest BCUT2D eigenvalue weighted by Gasteiger charge is -2.15. The minimum absolute atomic E-state index is 0. The van der Waals surface area contributed by atoms with E-state index in [1.165, 1.54) is 0 Å². The summed E-state index contributed by atoms with van der Waals surface area (Å²) in [5.74, 6) is 2.22. The van der Waals surface area contributed by atoms with Gasteiger partial charge < -0.3 is 15.4 Å². The lowest BCUT2D eigenvalue weighted by molar-refractivity contribution is 0.268. The van der Waals surface area contributed by atoms with Crippen molar-refractivity contribution in [2.45, 2.75) is 33.7 Å². The number of thiazole rings is 1. The van der Waals surface area contributed by atoms with Gasteiger partial charge in [-0.2, -0.15) is 0 Å². The predicted molar refractivity (Wildman–Crippen MR) is 121 cm³/mol. The monoisotopic (exact) mass is 488 g/mol. The molecule has 0 unspecified atom stereocenters. The molecule has 0 aliphatic carbocycles. The van der Waals surface area contributed by atoms with Crippen LogP contribution in [0.3, 0.4) is 0 Å². The molecule has 0 saturated heterocycles. The van der Waals surface area contributed by atoms with E-state index in [1.54, 1.807) is 18.4 Å². The summed E-state index contributed by atoms with van der Waals surface area (Å²) >= 11 is 1.69. The molecular weight excluding hydrogens is 459 g/mol. The smallest absolute Gasteiger partial charge is 0.191 e. The molecule has 7 heteroatoms. The largest absolute Gasteiger partial charge is 0.493 e. The number of benzene rings is 1. The van der Waals surface area contributed by atoms with Crippen LogP contribution in [0.4, 0.5) is 0 Å². The first-order chi connectivity index (χ1) is 12.1. The van der Waals surface area contributed by atoms with Crippen molar-refractivity contribution in [3.05, 3.63) is 45.9 Å². The average molecular weight is 488 g/mol. The lowest BCUT2D eigenvalue weighted by atomic mass is 10.2. The zero-order valence-corrected chi connectivity index (χ0v) is 19.1. The molecule has 2 N–H and O–H groups in total. The number of hydrogen-bond donors (Lipinski definition) is 2. The van der Waals surface area contributed by atoms with Crippen molar-refractivity contribution in [2.75, 3.05) is 20.2 Å². The van der Waals surface area contributed by atoms with Crippen molar-refractivity contribution in [1.82, 2.24) is 15.6 Å². The summed E-state index contributed by atoms with van der Waals surface area (Å²) in [4.78, 5) is 8.75. The van der Waals surface area contributed by atoms with Crippen LogP contribution >= 0.6 is 35.3 Å². The van der Waals surface area contributed by atoms with Crippen molar-refractivity contribution in [3.63, 3.8) is 0 Å². The van der Waals surface area contributed by atoms with Crippen molar-refractivity contribution in [2.24, 2.45) is 10.9 Å². The normalized spacial score (nSPS) is 11.2. The summed E-state index contributed by atoms with van der Waals surface area (Å²) in [6, 6.07) is 8.12. The maximum absolute atomic E-state index is 5.90. The van der Waals surface area contributed by atoms with E-state index in [4.69, 9.17) is 4.74 Å². The van der Waals surface area contributed by atoms with Gasteiger partial charge >= 0.3 is 0 Å². The number of nitrogens with one attached hydrogen (secondary N) is 2. The third kappa shape index (κ3) is 7.90. The van der Waals surface area contributed by atoms with Crippen LogP contribution in [0.25, 0.3) is 0 Å². The average Bonchev–Trinajstić information content (AvgIpc) is 3.02. The van der Waals surface area contributed by atoms with Gasteiger partial charge in [0.05, 0.1) is 17.3 Å². The highest BCUT2D eigenvalue weighted by Crippen LogP contribution is 2.18. The second kappa shape index (κ2) is 12.1.